The molecule has 288 valence electrons. The van der Waals surface area contributed by atoms with E-state index in [4.69, 9.17) is 4.74 Å². The first-order valence-corrected chi connectivity index (χ1v) is 19.6. The minimum atomic E-state index is -0.175. The smallest absolute Gasteiger partial charge is 0.268 e. The van der Waals surface area contributed by atoms with Gasteiger partial charge in [0.05, 0.1) is 27.8 Å². The molecule has 6 nitrogen and oxygen atoms in total. The zero-order chi connectivity index (χ0) is 39.0. The number of para-hydroxylation sites is 5. The fraction of sp³-hybridized carbons (Fsp3) is 0.0769. The van der Waals surface area contributed by atoms with E-state index in [0.717, 1.165) is 66.8 Å². The molecule has 11 aromatic rings. The van der Waals surface area contributed by atoms with Gasteiger partial charge in [-0.1, -0.05) is 123 Å². The molecule has 7 heteroatoms. The Morgan fingerprint density at radius 3 is 1.98 bits per heavy atom. The molecule has 4 aromatic heterocycles. The van der Waals surface area contributed by atoms with Crippen LogP contribution in [0.2, 0.25) is 0 Å². The standard InChI is InChI=1S/C52H37N5O.Pt/c1-52(2,3)43-30-29-42-40-21-8-9-22-44(40)56(35-16-5-4-6-17-35)50(42)51(43)55-34-54(46-24-11-12-25-47(46)55)36-18-15-19-37(32-36)58-38-27-28-41-39-20-7-10-23-45(39)57(48(41)33-38)49-26-13-14-31-53-49;/h4-31H,1-3H3;/q-2;. The van der Waals surface area contributed by atoms with Gasteiger partial charge < -0.3 is 18.4 Å². The molecule has 0 unspecified atom stereocenters. The quantitative estimate of drug-likeness (QED) is 0.123. The van der Waals surface area contributed by atoms with Crippen molar-refractivity contribution < 1.29 is 30.4 Å². The van der Waals surface area contributed by atoms with E-state index in [1.165, 1.54) is 16.3 Å². The van der Waals surface area contributed by atoms with Gasteiger partial charge in [-0.15, -0.1) is 29.7 Å². The van der Waals surface area contributed by atoms with E-state index in [1.807, 2.05) is 42.6 Å². The monoisotopic (exact) mass is 942 g/mol. The maximum absolute atomic E-state index is 6.58. The van der Waals surface area contributed by atoms with Gasteiger partial charge in [-0.3, -0.25) is 4.57 Å². The summed E-state index contributed by atoms with van der Waals surface area (Å²) in [6.07, 6.45) is 5.64. The Labute approximate surface area is 356 Å². The van der Waals surface area contributed by atoms with E-state index < -0.39 is 0 Å². The zero-order valence-electron chi connectivity index (χ0n) is 32.6. The third-order valence-corrected chi connectivity index (χ3v) is 11.1. The number of hydrogen-bond donors (Lipinski definition) is 0. The second-order valence-corrected chi connectivity index (χ2v) is 15.7. The third-order valence-electron chi connectivity index (χ3n) is 11.1. The summed E-state index contributed by atoms with van der Waals surface area (Å²) in [5.74, 6) is 1.99. The SMILES string of the molecule is CC(C)(C)c1ccc2c3ccccc3n(-c3ccccc3)c2c1-[n+]1[c-]n(-c2[c-]c(Oc3[c-]c4c(cc3)c3ccccc3n4-c3ccccn3)ccc2)c2ccccc21.[Pt]. The molecule has 0 aliphatic heterocycles. The fourth-order valence-electron chi connectivity index (χ4n) is 8.52. The number of hydrogen-bond acceptors (Lipinski definition) is 2. The van der Waals surface area contributed by atoms with Crippen LogP contribution >= 0.6 is 0 Å². The second-order valence-electron chi connectivity index (χ2n) is 15.7. The number of nitrogens with zero attached hydrogens (tertiary/aromatic N) is 5. The first-order chi connectivity index (χ1) is 28.4. The number of benzene rings is 7. The normalized spacial score (nSPS) is 11.8. The van der Waals surface area contributed by atoms with Gasteiger partial charge in [0.15, 0.2) is 0 Å². The topological polar surface area (TPSA) is 40.8 Å². The molecule has 0 bridgehead atoms. The Balaban J connectivity index is 0.00000420. The number of pyridine rings is 1. The average Bonchev–Trinajstić information content (AvgIpc) is 3.92. The largest absolute Gasteiger partial charge is 0.510 e. The molecule has 0 fully saturated rings. The van der Waals surface area contributed by atoms with Crippen LogP contribution in [-0.4, -0.2) is 18.7 Å². The molecule has 0 aliphatic rings. The Kier molecular flexibility index (Phi) is 8.84. The predicted octanol–water partition coefficient (Wildman–Crippen LogP) is 12.0. The molecule has 0 aliphatic carbocycles. The molecule has 0 amide bonds. The average molecular weight is 943 g/mol. The summed E-state index contributed by atoms with van der Waals surface area (Å²) in [4.78, 5) is 4.68. The van der Waals surface area contributed by atoms with Crippen molar-refractivity contribution in [2.45, 2.75) is 26.2 Å². The minimum absolute atomic E-state index is 0. The Morgan fingerprint density at radius 1 is 0.559 bits per heavy atom. The molecule has 0 saturated carbocycles. The number of aromatic nitrogens is 5. The van der Waals surface area contributed by atoms with Crippen LogP contribution in [0, 0.1) is 18.5 Å². The number of fused-ring (bicyclic) bond motifs is 7. The summed E-state index contributed by atoms with van der Waals surface area (Å²) in [5.41, 5.74) is 10.4. The number of imidazole rings is 1. The van der Waals surface area contributed by atoms with Crippen molar-refractivity contribution in [3.05, 3.63) is 194 Å². The van der Waals surface area contributed by atoms with Crippen LogP contribution in [0.5, 0.6) is 11.5 Å². The van der Waals surface area contributed by atoms with Crippen molar-refractivity contribution in [3.8, 4) is 34.4 Å². The van der Waals surface area contributed by atoms with Crippen LogP contribution in [0.1, 0.15) is 26.3 Å². The van der Waals surface area contributed by atoms with Crippen molar-refractivity contribution in [1.82, 2.24) is 18.7 Å². The van der Waals surface area contributed by atoms with Gasteiger partial charge in [0.25, 0.3) is 6.33 Å². The summed E-state index contributed by atoms with van der Waals surface area (Å²) < 4.78 is 15.5. The molecule has 0 saturated heterocycles. The molecule has 7 aromatic carbocycles. The Morgan fingerprint density at radius 2 is 1.22 bits per heavy atom. The van der Waals surface area contributed by atoms with Crippen LogP contribution in [0.15, 0.2) is 170 Å². The first kappa shape index (κ1) is 36.6. The predicted molar refractivity (Wildman–Crippen MR) is 233 cm³/mol. The molecular formula is C52H37N5OPt-2. The van der Waals surface area contributed by atoms with Gasteiger partial charge in [-0.05, 0) is 58.5 Å². The third kappa shape index (κ3) is 5.97. The van der Waals surface area contributed by atoms with Crippen LogP contribution < -0.4 is 9.30 Å². The van der Waals surface area contributed by atoms with Crippen molar-refractivity contribution in [2.75, 3.05) is 0 Å². The first-order valence-electron chi connectivity index (χ1n) is 19.6. The minimum Gasteiger partial charge on any atom is -0.510 e. The number of rotatable bonds is 6. The summed E-state index contributed by atoms with van der Waals surface area (Å²) in [5, 5.41) is 4.62. The maximum Gasteiger partial charge on any atom is 0.268 e. The molecule has 11 rings (SSSR count). The summed E-state index contributed by atoms with van der Waals surface area (Å²) in [6.45, 7) is 6.85. The van der Waals surface area contributed by atoms with Gasteiger partial charge in [-0.25, -0.2) is 4.98 Å². The molecule has 0 radical (unpaired) electrons. The molecule has 59 heavy (non-hydrogen) atoms. The molecule has 0 spiro atoms. The summed E-state index contributed by atoms with van der Waals surface area (Å²) >= 11 is 0. The van der Waals surface area contributed by atoms with Crippen LogP contribution in [0.4, 0.5) is 0 Å². The molecule has 0 N–H and O–H groups in total. The summed E-state index contributed by atoms with van der Waals surface area (Å²) in [7, 11) is 0. The van der Waals surface area contributed by atoms with E-state index in [-0.39, 0.29) is 26.5 Å². The van der Waals surface area contributed by atoms with Crippen molar-refractivity contribution in [1.29, 1.82) is 0 Å². The van der Waals surface area contributed by atoms with Gasteiger partial charge >= 0.3 is 0 Å². The van der Waals surface area contributed by atoms with Crippen LogP contribution in [0.3, 0.4) is 0 Å². The molecular weight excluding hydrogens is 906 g/mol. The van der Waals surface area contributed by atoms with E-state index >= 15 is 0 Å². The van der Waals surface area contributed by atoms with Gasteiger partial charge in [0.1, 0.15) is 5.82 Å². The van der Waals surface area contributed by atoms with Gasteiger partial charge in [-0.2, -0.15) is 18.2 Å². The summed E-state index contributed by atoms with van der Waals surface area (Å²) in [6, 6.07) is 64.0. The molecule has 0 atom stereocenters. The van der Waals surface area contributed by atoms with Crippen molar-refractivity contribution in [3.63, 3.8) is 0 Å². The van der Waals surface area contributed by atoms with E-state index in [0.29, 0.717) is 11.5 Å². The van der Waals surface area contributed by atoms with Crippen LogP contribution in [-0.2, 0) is 26.5 Å². The van der Waals surface area contributed by atoms with E-state index in [2.05, 4.69) is 190 Å². The Hall–Kier alpha value is -6.75. The van der Waals surface area contributed by atoms with Crippen molar-refractivity contribution in [2.24, 2.45) is 0 Å². The van der Waals surface area contributed by atoms with E-state index in [9.17, 15) is 0 Å². The van der Waals surface area contributed by atoms with Gasteiger partial charge in [0.2, 0.25) is 0 Å². The Bertz CT molecular complexity index is 3360. The molecule has 4 heterocycles. The zero-order valence-corrected chi connectivity index (χ0v) is 34.9. The van der Waals surface area contributed by atoms with Crippen LogP contribution in [0.25, 0.3) is 77.5 Å². The second kappa shape index (κ2) is 14.3. The fourth-order valence-corrected chi connectivity index (χ4v) is 8.52. The number of ether oxygens (including phenoxy) is 1. The maximum atomic E-state index is 6.58. The van der Waals surface area contributed by atoms with E-state index in [1.54, 1.807) is 0 Å². The van der Waals surface area contributed by atoms with Crippen molar-refractivity contribution >= 4 is 54.6 Å². The van der Waals surface area contributed by atoms with Gasteiger partial charge in [0, 0.05) is 60.7 Å².